The van der Waals surface area contributed by atoms with E-state index in [0.717, 1.165) is 6.26 Å². The summed E-state index contributed by atoms with van der Waals surface area (Å²) in [7, 11) is 3.45. The van der Waals surface area contributed by atoms with E-state index >= 15 is 0 Å². The molecule has 0 saturated heterocycles. The van der Waals surface area contributed by atoms with Gasteiger partial charge in [0.2, 0.25) is 15.9 Å². The van der Waals surface area contributed by atoms with E-state index in [2.05, 4.69) is 4.72 Å². The number of amides is 2. The Morgan fingerprint density at radius 3 is 2.52 bits per heavy atom. The molecule has 1 N–H and O–H groups in total. The number of hydrogen-bond donors (Lipinski definition) is 1. The fourth-order valence-electron chi connectivity index (χ4n) is 3.76. The van der Waals surface area contributed by atoms with Gasteiger partial charge in [-0.3, -0.25) is 14.3 Å². The van der Waals surface area contributed by atoms with E-state index < -0.39 is 10.0 Å². The van der Waals surface area contributed by atoms with Crippen molar-refractivity contribution in [2.75, 3.05) is 65.5 Å². The Labute approximate surface area is 196 Å². The molecule has 1 aliphatic rings. The van der Waals surface area contributed by atoms with Crippen LogP contribution >= 0.6 is 0 Å². The Bertz CT molecular complexity index is 952. The molecule has 33 heavy (non-hydrogen) atoms. The lowest BCUT2D eigenvalue weighted by Crippen LogP contribution is -2.50. The molecule has 0 fully saturated rings. The van der Waals surface area contributed by atoms with Crippen molar-refractivity contribution >= 4 is 27.5 Å². The van der Waals surface area contributed by atoms with E-state index in [1.807, 2.05) is 32.8 Å². The van der Waals surface area contributed by atoms with E-state index in [1.54, 1.807) is 24.0 Å². The second kappa shape index (κ2) is 11.2. The predicted molar refractivity (Wildman–Crippen MR) is 127 cm³/mol. The van der Waals surface area contributed by atoms with Crippen LogP contribution in [0, 0.1) is 5.92 Å². The van der Waals surface area contributed by atoms with Crippen molar-refractivity contribution in [2.24, 2.45) is 5.92 Å². The lowest BCUT2D eigenvalue weighted by Gasteiger charge is -2.36. The summed E-state index contributed by atoms with van der Waals surface area (Å²) in [4.78, 5) is 31.3. The molecule has 0 radical (unpaired) electrons. The molecule has 2 amide bonds. The molecule has 186 valence electrons. The van der Waals surface area contributed by atoms with Crippen molar-refractivity contribution in [3.63, 3.8) is 0 Å². The van der Waals surface area contributed by atoms with Gasteiger partial charge in [-0.05, 0) is 33.2 Å². The van der Waals surface area contributed by atoms with Crippen LogP contribution < -0.4 is 9.46 Å². The van der Waals surface area contributed by atoms with Gasteiger partial charge in [-0.15, -0.1) is 0 Å². The van der Waals surface area contributed by atoms with Crippen LogP contribution in [-0.2, 0) is 19.6 Å². The van der Waals surface area contributed by atoms with E-state index in [-0.39, 0.29) is 54.5 Å². The average Bonchev–Trinajstić information content (AvgIpc) is 2.70. The number of likely N-dealkylation sites (N-methyl/N-ethyl adjacent to an activating group) is 2. The molecule has 2 rings (SSSR count). The van der Waals surface area contributed by atoms with E-state index in [0.29, 0.717) is 18.7 Å². The molecular weight excluding hydrogens is 448 g/mol. The second-order valence-electron chi connectivity index (χ2n) is 8.97. The van der Waals surface area contributed by atoms with Crippen LogP contribution in [0.15, 0.2) is 18.2 Å². The standard InChI is InChI=1S/C22H36N4O6S/c1-15-11-26(21(27)13-24(3)4)16(2)14-32-19-10-17(23-33(7,29)30)8-9-18(19)22(28)25(5)12-20(15)31-6/h8-10,15-16,20,23H,11-14H2,1-7H3/t15-,16+,20+/m1/s1. The number of carbonyl (C=O) groups excluding carboxylic acids is 2. The normalized spacial score (nSPS) is 22.8. The predicted octanol–water partition coefficient (Wildman–Crippen LogP) is 0.952. The zero-order chi connectivity index (χ0) is 24.9. The minimum absolute atomic E-state index is 0.0287. The summed E-state index contributed by atoms with van der Waals surface area (Å²) < 4.78 is 37.4. The molecule has 0 bridgehead atoms. The number of fused-ring (bicyclic) bond motifs is 1. The third-order valence-electron chi connectivity index (χ3n) is 5.52. The summed E-state index contributed by atoms with van der Waals surface area (Å²) in [5, 5.41) is 0. The average molecular weight is 485 g/mol. The van der Waals surface area contributed by atoms with Crippen LogP contribution in [0.3, 0.4) is 0 Å². The number of carbonyl (C=O) groups is 2. The largest absolute Gasteiger partial charge is 0.491 e. The molecule has 0 unspecified atom stereocenters. The number of methoxy groups -OCH3 is 1. The van der Waals surface area contributed by atoms with Crippen molar-refractivity contribution in [1.82, 2.24) is 14.7 Å². The second-order valence-corrected chi connectivity index (χ2v) is 10.7. The van der Waals surface area contributed by atoms with Crippen molar-refractivity contribution in [1.29, 1.82) is 0 Å². The molecule has 3 atom stereocenters. The molecule has 1 aromatic carbocycles. The highest BCUT2D eigenvalue weighted by molar-refractivity contribution is 7.92. The van der Waals surface area contributed by atoms with Crippen LogP contribution in [0.1, 0.15) is 24.2 Å². The minimum atomic E-state index is -3.50. The molecule has 1 aromatic rings. The Morgan fingerprint density at radius 2 is 1.94 bits per heavy atom. The first kappa shape index (κ1) is 26.9. The minimum Gasteiger partial charge on any atom is -0.491 e. The molecule has 0 saturated carbocycles. The highest BCUT2D eigenvalue weighted by Crippen LogP contribution is 2.27. The van der Waals surface area contributed by atoms with Crippen molar-refractivity contribution in [2.45, 2.75) is 26.0 Å². The Hall–Kier alpha value is -2.37. The van der Waals surface area contributed by atoms with Gasteiger partial charge in [-0.2, -0.15) is 0 Å². The van der Waals surface area contributed by atoms with Crippen molar-refractivity contribution < 1.29 is 27.5 Å². The summed E-state index contributed by atoms with van der Waals surface area (Å²) >= 11 is 0. The third kappa shape index (κ3) is 7.58. The number of benzene rings is 1. The van der Waals surface area contributed by atoms with Gasteiger partial charge in [0.05, 0.1) is 36.2 Å². The van der Waals surface area contributed by atoms with Gasteiger partial charge in [-0.25, -0.2) is 8.42 Å². The highest BCUT2D eigenvalue weighted by Gasteiger charge is 2.30. The van der Waals surface area contributed by atoms with E-state index in [4.69, 9.17) is 9.47 Å². The summed E-state index contributed by atoms with van der Waals surface area (Å²) in [6.45, 7) is 5.05. The van der Waals surface area contributed by atoms with Crippen molar-refractivity contribution in [3.05, 3.63) is 23.8 Å². The maximum absolute atomic E-state index is 13.2. The Morgan fingerprint density at radius 1 is 1.27 bits per heavy atom. The van der Waals surface area contributed by atoms with Gasteiger partial charge in [0.15, 0.2) is 0 Å². The quantitative estimate of drug-likeness (QED) is 0.663. The first-order chi connectivity index (χ1) is 15.3. The monoisotopic (exact) mass is 484 g/mol. The highest BCUT2D eigenvalue weighted by atomic mass is 32.2. The number of ether oxygens (including phenoxy) is 2. The Kier molecular flexibility index (Phi) is 9.10. The molecule has 10 nitrogen and oxygen atoms in total. The zero-order valence-corrected chi connectivity index (χ0v) is 21.3. The van der Waals surface area contributed by atoms with Gasteiger partial charge in [0.1, 0.15) is 12.4 Å². The topological polar surface area (TPSA) is 108 Å². The fourth-order valence-corrected chi connectivity index (χ4v) is 4.31. The maximum Gasteiger partial charge on any atom is 0.257 e. The summed E-state index contributed by atoms with van der Waals surface area (Å²) in [6.07, 6.45) is 0.769. The molecule has 11 heteroatoms. The number of nitrogens with one attached hydrogen (secondary N) is 1. The smallest absolute Gasteiger partial charge is 0.257 e. The summed E-state index contributed by atoms with van der Waals surface area (Å²) in [5.41, 5.74) is 0.591. The van der Waals surface area contributed by atoms with Crippen LogP contribution in [0.5, 0.6) is 5.75 Å². The first-order valence-corrected chi connectivity index (χ1v) is 12.7. The SMILES string of the molecule is CO[C@H]1CN(C)C(=O)c2ccc(NS(C)(=O)=O)cc2OC[C@H](C)N(C(=O)CN(C)C)C[C@H]1C. The van der Waals surface area contributed by atoms with Crippen LogP contribution in [-0.4, -0.2) is 108 Å². The zero-order valence-electron chi connectivity index (χ0n) is 20.5. The molecule has 0 spiro atoms. The molecule has 1 heterocycles. The van der Waals surface area contributed by atoms with Crippen LogP contribution in [0.4, 0.5) is 5.69 Å². The molecule has 1 aliphatic heterocycles. The van der Waals surface area contributed by atoms with E-state index in [1.165, 1.54) is 18.2 Å². The summed E-state index contributed by atoms with van der Waals surface area (Å²) in [6, 6.07) is 4.26. The lowest BCUT2D eigenvalue weighted by molar-refractivity contribution is -0.136. The number of nitrogens with zero attached hydrogens (tertiary/aromatic N) is 3. The molecule has 0 aromatic heterocycles. The van der Waals surface area contributed by atoms with Crippen LogP contribution in [0.25, 0.3) is 0 Å². The van der Waals surface area contributed by atoms with Gasteiger partial charge < -0.3 is 24.2 Å². The fraction of sp³-hybridized carbons (Fsp3) is 0.636. The number of rotatable bonds is 5. The third-order valence-corrected chi connectivity index (χ3v) is 6.13. The van der Waals surface area contributed by atoms with Crippen molar-refractivity contribution in [3.8, 4) is 5.75 Å². The summed E-state index contributed by atoms with van der Waals surface area (Å²) in [5.74, 6) is -0.0834. The number of hydrogen-bond acceptors (Lipinski definition) is 7. The van der Waals surface area contributed by atoms with E-state index in [9.17, 15) is 18.0 Å². The van der Waals surface area contributed by atoms with Gasteiger partial charge in [-0.1, -0.05) is 6.92 Å². The van der Waals surface area contributed by atoms with Crippen LogP contribution in [0.2, 0.25) is 0 Å². The Balaban J connectivity index is 2.47. The maximum atomic E-state index is 13.2. The van der Waals surface area contributed by atoms with Gasteiger partial charge >= 0.3 is 0 Å². The first-order valence-electron chi connectivity index (χ1n) is 10.8. The lowest BCUT2D eigenvalue weighted by atomic mass is 10.0. The van der Waals surface area contributed by atoms with Gasteiger partial charge in [0, 0.05) is 39.2 Å². The molecule has 0 aliphatic carbocycles. The molecular formula is C22H36N4O6S. The van der Waals surface area contributed by atoms with Gasteiger partial charge in [0.25, 0.3) is 5.91 Å². The number of sulfonamides is 1. The number of anilines is 1.